The van der Waals surface area contributed by atoms with Gasteiger partial charge in [0.2, 0.25) is 0 Å². The molecule has 0 radical (unpaired) electrons. The van der Waals surface area contributed by atoms with Gasteiger partial charge in [0, 0.05) is 11.9 Å². The standard InChI is InChI=1S/C16H19N5S/c1-3-18-16(22)20-8-7-19-15-13(10-17)9-12-6-4-5-11(2)14(12)21-15/h4-6,9H,3,7-8H2,1-2H3,(H,19,21)(H2,18,20,22)/p+1. The lowest BCUT2D eigenvalue weighted by Gasteiger charge is -2.08. The third kappa shape index (κ3) is 3.83. The number of aromatic amines is 1. The van der Waals surface area contributed by atoms with Gasteiger partial charge in [0.25, 0.3) is 5.82 Å². The van der Waals surface area contributed by atoms with E-state index < -0.39 is 0 Å². The Morgan fingerprint density at radius 2 is 2.14 bits per heavy atom. The Bertz CT molecular complexity index is 720. The number of nitrogens with one attached hydrogen (secondary N) is 4. The third-order valence-corrected chi connectivity index (χ3v) is 3.58. The van der Waals surface area contributed by atoms with Crippen molar-refractivity contribution < 1.29 is 4.98 Å². The lowest BCUT2D eigenvalue weighted by molar-refractivity contribution is -0.328. The van der Waals surface area contributed by atoms with Gasteiger partial charge in [0.1, 0.15) is 23.7 Å². The molecule has 114 valence electrons. The summed E-state index contributed by atoms with van der Waals surface area (Å²) in [5.74, 6) is 0.737. The molecule has 0 unspecified atom stereocenters. The number of aryl methyl sites for hydroxylation is 1. The van der Waals surface area contributed by atoms with E-state index in [4.69, 9.17) is 12.2 Å². The number of nitrogens with zero attached hydrogens (tertiary/aromatic N) is 1. The number of para-hydroxylation sites is 1. The first-order valence-corrected chi connectivity index (χ1v) is 7.68. The van der Waals surface area contributed by atoms with E-state index >= 15 is 0 Å². The average molecular weight is 314 g/mol. The lowest BCUT2D eigenvalue weighted by atomic mass is 10.1. The Labute approximate surface area is 135 Å². The Hall–Kier alpha value is -2.39. The largest absolute Gasteiger partial charge is 0.363 e. The zero-order chi connectivity index (χ0) is 15.9. The van der Waals surface area contributed by atoms with Crippen LogP contribution in [-0.4, -0.2) is 24.7 Å². The maximum atomic E-state index is 9.31. The molecule has 5 nitrogen and oxygen atoms in total. The van der Waals surface area contributed by atoms with Gasteiger partial charge in [-0.05, 0) is 37.7 Å². The molecule has 1 aromatic carbocycles. The van der Waals surface area contributed by atoms with E-state index in [1.807, 2.05) is 38.1 Å². The van der Waals surface area contributed by atoms with Crippen molar-refractivity contribution in [2.45, 2.75) is 13.8 Å². The predicted octanol–water partition coefficient (Wildman–Crippen LogP) is 1.73. The summed E-state index contributed by atoms with van der Waals surface area (Å²) in [5, 5.41) is 20.4. The number of pyridine rings is 1. The Kier molecular flexibility index (Phi) is 5.50. The molecule has 0 amide bonds. The molecular weight excluding hydrogens is 294 g/mol. The van der Waals surface area contributed by atoms with Gasteiger partial charge in [0.05, 0.1) is 6.54 Å². The van der Waals surface area contributed by atoms with E-state index in [1.165, 1.54) is 0 Å². The van der Waals surface area contributed by atoms with E-state index in [0.29, 0.717) is 23.8 Å². The second-order valence-electron chi connectivity index (χ2n) is 4.92. The van der Waals surface area contributed by atoms with Gasteiger partial charge < -0.3 is 10.6 Å². The number of rotatable bonds is 5. The Morgan fingerprint density at radius 3 is 2.86 bits per heavy atom. The highest BCUT2D eigenvalue weighted by atomic mass is 32.1. The maximum Gasteiger partial charge on any atom is 0.290 e. The summed E-state index contributed by atoms with van der Waals surface area (Å²) in [6.45, 7) is 6.18. The number of fused-ring (bicyclic) bond motifs is 1. The van der Waals surface area contributed by atoms with Gasteiger partial charge in [-0.1, -0.05) is 18.2 Å². The van der Waals surface area contributed by atoms with Crippen LogP contribution in [-0.2, 0) is 0 Å². The van der Waals surface area contributed by atoms with Crippen LogP contribution in [0.4, 0.5) is 5.82 Å². The summed E-state index contributed by atoms with van der Waals surface area (Å²) in [7, 11) is 0. The molecule has 22 heavy (non-hydrogen) atoms. The van der Waals surface area contributed by atoms with Gasteiger partial charge in [-0.15, -0.1) is 0 Å². The molecule has 2 rings (SSSR count). The molecular formula is C16H20N5S+. The highest BCUT2D eigenvalue weighted by molar-refractivity contribution is 7.80. The number of hydrogen-bond donors (Lipinski definition) is 3. The highest BCUT2D eigenvalue weighted by Gasteiger charge is 2.13. The molecule has 0 aliphatic carbocycles. The molecule has 0 fully saturated rings. The number of thiocarbonyl (C=S) groups is 1. The minimum Gasteiger partial charge on any atom is -0.363 e. The SMILES string of the molecule is CCNC(=S)NCCNc1[nH+]c2c(C)cccc2cc1C#N. The van der Waals surface area contributed by atoms with Crippen molar-refractivity contribution in [1.82, 2.24) is 10.6 Å². The zero-order valence-corrected chi connectivity index (χ0v) is 13.6. The molecule has 0 aliphatic heterocycles. The van der Waals surface area contributed by atoms with Crippen LogP contribution in [0.15, 0.2) is 24.3 Å². The maximum absolute atomic E-state index is 9.31. The van der Waals surface area contributed by atoms with E-state index in [9.17, 15) is 5.26 Å². The lowest BCUT2D eigenvalue weighted by Crippen LogP contribution is -2.37. The van der Waals surface area contributed by atoms with Crippen LogP contribution in [0.5, 0.6) is 0 Å². The van der Waals surface area contributed by atoms with Gasteiger partial charge in [-0.2, -0.15) is 5.26 Å². The average Bonchev–Trinajstić information content (AvgIpc) is 2.51. The van der Waals surface area contributed by atoms with Crippen LogP contribution in [0.2, 0.25) is 0 Å². The Morgan fingerprint density at radius 1 is 1.32 bits per heavy atom. The first-order valence-electron chi connectivity index (χ1n) is 7.27. The number of nitriles is 1. The van der Waals surface area contributed by atoms with Crippen molar-refractivity contribution in [1.29, 1.82) is 5.26 Å². The molecule has 0 aliphatic rings. The van der Waals surface area contributed by atoms with Crippen molar-refractivity contribution in [2.75, 3.05) is 25.0 Å². The number of anilines is 1. The summed E-state index contributed by atoms with van der Waals surface area (Å²) < 4.78 is 0. The van der Waals surface area contributed by atoms with E-state index in [1.54, 1.807) is 0 Å². The van der Waals surface area contributed by atoms with Crippen LogP contribution in [0.1, 0.15) is 18.1 Å². The minimum atomic E-state index is 0.604. The van der Waals surface area contributed by atoms with E-state index in [2.05, 4.69) is 27.0 Å². The fraction of sp³-hybridized carbons (Fsp3) is 0.312. The molecule has 0 bridgehead atoms. The second-order valence-corrected chi connectivity index (χ2v) is 5.33. The van der Waals surface area contributed by atoms with Crippen molar-refractivity contribution >= 4 is 34.1 Å². The first kappa shape index (κ1) is 16.0. The summed E-state index contributed by atoms with van der Waals surface area (Å²) >= 11 is 5.10. The van der Waals surface area contributed by atoms with Crippen LogP contribution in [0, 0.1) is 18.3 Å². The third-order valence-electron chi connectivity index (χ3n) is 3.29. The second kappa shape index (κ2) is 7.57. The van der Waals surface area contributed by atoms with E-state index in [-0.39, 0.29) is 0 Å². The molecule has 4 N–H and O–H groups in total. The van der Waals surface area contributed by atoms with Crippen LogP contribution in [0.3, 0.4) is 0 Å². The fourth-order valence-electron chi connectivity index (χ4n) is 2.22. The molecule has 0 atom stereocenters. The van der Waals surface area contributed by atoms with Crippen molar-refractivity contribution in [3.05, 3.63) is 35.4 Å². The van der Waals surface area contributed by atoms with Gasteiger partial charge in [-0.25, -0.2) is 4.98 Å². The summed E-state index contributed by atoms with van der Waals surface area (Å²) in [6.07, 6.45) is 0. The predicted molar refractivity (Wildman–Crippen MR) is 92.7 cm³/mol. The van der Waals surface area contributed by atoms with Gasteiger partial charge >= 0.3 is 0 Å². The van der Waals surface area contributed by atoms with Crippen molar-refractivity contribution in [3.8, 4) is 6.07 Å². The van der Waals surface area contributed by atoms with Gasteiger partial charge in [0.15, 0.2) is 5.11 Å². The first-order chi connectivity index (χ1) is 10.7. The molecule has 1 aromatic heterocycles. The van der Waals surface area contributed by atoms with Crippen LogP contribution >= 0.6 is 12.2 Å². The Balaban J connectivity index is 2.08. The molecule has 1 heterocycles. The molecule has 2 aromatic rings. The summed E-state index contributed by atoms with van der Waals surface area (Å²) in [5.41, 5.74) is 2.80. The number of aromatic nitrogens is 1. The molecule has 6 heteroatoms. The van der Waals surface area contributed by atoms with E-state index in [0.717, 1.165) is 28.8 Å². The quantitative estimate of drug-likeness (QED) is 0.579. The highest BCUT2D eigenvalue weighted by Crippen LogP contribution is 2.18. The molecule has 0 spiro atoms. The van der Waals surface area contributed by atoms with Gasteiger partial charge in [-0.3, -0.25) is 5.32 Å². The molecule has 0 saturated heterocycles. The minimum absolute atomic E-state index is 0.604. The number of hydrogen-bond acceptors (Lipinski definition) is 3. The molecule has 0 saturated carbocycles. The fourth-order valence-corrected chi connectivity index (χ4v) is 2.46. The summed E-state index contributed by atoms with van der Waals surface area (Å²) in [4.78, 5) is 3.32. The van der Waals surface area contributed by atoms with Crippen molar-refractivity contribution in [2.24, 2.45) is 0 Å². The van der Waals surface area contributed by atoms with Crippen LogP contribution < -0.4 is 20.9 Å². The summed E-state index contributed by atoms with van der Waals surface area (Å²) in [6, 6.07) is 10.2. The van der Waals surface area contributed by atoms with Crippen molar-refractivity contribution in [3.63, 3.8) is 0 Å². The zero-order valence-electron chi connectivity index (χ0n) is 12.8. The van der Waals surface area contributed by atoms with Crippen LogP contribution in [0.25, 0.3) is 10.9 Å². The topological polar surface area (TPSA) is 74.0 Å². The number of H-pyrrole nitrogens is 1. The normalized spacial score (nSPS) is 10.0. The monoisotopic (exact) mass is 314 g/mol. The number of benzene rings is 1. The smallest absolute Gasteiger partial charge is 0.290 e.